The molecule has 0 spiro atoms. The van der Waals surface area contributed by atoms with Crippen molar-refractivity contribution < 1.29 is 19.1 Å². The highest BCUT2D eigenvalue weighted by atomic mass is 79.9. The van der Waals surface area contributed by atoms with Crippen LogP contribution in [0.4, 0.5) is 9.39 Å². The Hall–Kier alpha value is -2.77. The van der Waals surface area contributed by atoms with E-state index < -0.39 is 17.7 Å². The van der Waals surface area contributed by atoms with Crippen LogP contribution in [0.2, 0.25) is 0 Å². The Balaban J connectivity index is 1.83. The van der Waals surface area contributed by atoms with E-state index in [1.807, 2.05) is 12.1 Å². The third-order valence-electron chi connectivity index (χ3n) is 3.67. The Bertz CT molecular complexity index is 1030. The van der Waals surface area contributed by atoms with Crippen LogP contribution in [0, 0.1) is 5.82 Å². The molecule has 0 aliphatic rings. The standard InChI is InChI=1S/C20H13BrFNO3S/c21-14-7-5-13(6-8-14)16-11-27-19(18(16)20(25)26)23-17(24)9-4-12-2-1-3-15(22)10-12/h1-11H,(H,23,24)(H,25,26)/b9-4+. The minimum absolute atomic E-state index is 0.0369. The summed E-state index contributed by atoms with van der Waals surface area (Å²) in [5.41, 5.74) is 1.84. The van der Waals surface area contributed by atoms with Gasteiger partial charge in [-0.15, -0.1) is 11.3 Å². The van der Waals surface area contributed by atoms with E-state index in [4.69, 9.17) is 0 Å². The molecular formula is C20H13BrFNO3S. The first-order chi connectivity index (χ1) is 12.9. The zero-order chi connectivity index (χ0) is 19.4. The van der Waals surface area contributed by atoms with Crippen LogP contribution in [-0.2, 0) is 4.79 Å². The van der Waals surface area contributed by atoms with E-state index in [0.29, 0.717) is 11.1 Å². The van der Waals surface area contributed by atoms with Gasteiger partial charge in [-0.1, -0.05) is 40.2 Å². The molecule has 3 rings (SSSR count). The zero-order valence-electron chi connectivity index (χ0n) is 13.8. The number of carbonyl (C=O) groups is 2. The summed E-state index contributed by atoms with van der Waals surface area (Å²) in [5, 5.41) is 14.1. The van der Waals surface area contributed by atoms with Gasteiger partial charge in [0.15, 0.2) is 0 Å². The Kier molecular flexibility index (Phi) is 5.83. The SMILES string of the molecule is O=C(/C=C/c1cccc(F)c1)Nc1scc(-c2ccc(Br)cc2)c1C(=O)O. The molecule has 1 amide bonds. The summed E-state index contributed by atoms with van der Waals surface area (Å²) < 4.78 is 14.1. The molecule has 0 saturated heterocycles. The molecule has 4 nitrogen and oxygen atoms in total. The summed E-state index contributed by atoms with van der Waals surface area (Å²) in [5.74, 6) is -2.02. The molecular weight excluding hydrogens is 433 g/mol. The molecule has 0 fully saturated rings. The molecule has 2 aromatic carbocycles. The van der Waals surface area contributed by atoms with Gasteiger partial charge in [0.05, 0.1) is 0 Å². The van der Waals surface area contributed by atoms with Crippen LogP contribution < -0.4 is 5.32 Å². The molecule has 3 aromatic rings. The number of nitrogens with one attached hydrogen (secondary N) is 1. The first kappa shape index (κ1) is 19.0. The quantitative estimate of drug-likeness (QED) is 0.497. The second-order valence-electron chi connectivity index (χ2n) is 5.54. The maximum Gasteiger partial charge on any atom is 0.339 e. The first-order valence-electron chi connectivity index (χ1n) is 7.79. The van der Waals surface area contributed by atoms with Crippen molar-refractivity contribution in [3.05, 3.63) is 81.4 Å². The number of anilines is 1. The predicted octanol–water partition coefficient (Wildman–Crippen LogP) is 5.67. The van der Waals surface area contributed by atoms with E-state index in [9.17, 15) is 19.1 Å². The van der Waals surface area contributed by atoms with E-state index in [0.717, 1.165) is 21.4 Å². The minimum atomic E-state index is -1.13. The number of aromatic carboxylic acids is 1. The topological polar surface area (TPSA) is 66.4 Å². The van der Waals surface area contributed by atoms with Crippen molar-refractivity contribution in [2.24, 2.45) is 0 Å². The highest BCUT2D eigenvalue weighted by Crippen LogP contribution is 2.36. The van der Waals surface area contributed by atoms with E-state index in [2.05, 4.69) is 21.2 Å². The van der Waals surface area contributed by atoms with E-state index >= 15 is 0 Å². The summed E-state index contributed by atoms with van der Waals surface area (Å²) in [7, 11) is 0. The molecule has 0 unspecified atom stereocenters. The van der Waals surface area contributed by atoms with Crippen LogP contribution in [-0.4, -0.2) is 17.0 Å². The van der Waals surface area contributed by atoms with Crippen LogP contribution in [0.3, 0.4) is 0 Å². The smallest absolute Gasteiger partial charge is 0.339 e. The van der Waals surface area contributed by atoms with Gasteiger partial charge in [-0.3, -0.25) is 4.79 Å². The fourth-order valence-electron chi connectivity index (χ4n) is 2.44. The molecule has 0 aliphatic heterocycles. The number of rotatable bonds is 5. The number of carbonyl (C=O) groups excluding carboxylic acids is 1. The molecule has 2 N–H and O–H groups in total. The molecule has 1 heterocycles. The largest absolute Gasteiger partial charge is 0.478 e. The number of thiophene rings is 1. The van der Waals surface area contributed by atoms with Crippen molar-refractivity contribution in [1.82, 2.24) is 0 Å². The highest BCUT2D eigenvalue weighted by Gasteiger charge is 2.20. The van der Waals surface area contributed by atoms with Crippen molar-refractivity contribution in [3.63, 3.8) is 0 Å². The second kappa shape index (κ2) is 8.28. The number of carboxylic acid groups (broad SMARTS) is 1. The summed E-state index contributed by atoms with van der Waals surface area (Å²) >= 11 is 4.48. The lowest BCUT2D eigenvalue weighted by Crippen LogP contribution is -2.10. The molecule has 136 valence electrons. The second-order valence-corrected chi connectivity index (χ2v) is 7.34. The number of amides is 1. The first-order valence-corrected chi connectivity index (χ1v) is 9.46. The number of hydrogen-bond acceptors (Lipinski definition) is 3. The monoisotopic (exact) mass is 445 g/mol. The van der Waals surface area contributed by atoms with Crippen LogP contribution in [0.5, 0.6) is 0 Å². The zero-order valence-corrected chi connectivity index (χ0v) is 16.2. The van der Waals surface area contributed by atoms with Gasteiger partial charge in [0.2, 0.25) is 5.91 Å². The van der Waals surface area contributed by atoms with Crippen LogP contribution in [0.15, 0.2) is 64.5 Å². The number of carboxylic acids is 1. The number of benzene rings is 2. The molecule has 7 heteroatoms. The van der Waals surface area contributed by atoms with Crippen LogP contribution >= 0.6 is 27.3 Å². The van der Waals surface area contributed by atoms with Crippen LogP contribution in [0.25, 0.3) is 17.2 Å². The van der Waals surface area contributed by atoms with Gasteiger partial charge in [-0.2, -0.15) is 0 Å². The van der Waals surface area contributed by atoms with Crippen molar-refractivity contribution in [1.29, 1.82) is 0 Å². The normalized spacial score (nSPS) is 10.9. The van der Waals surface area contributed by atoms with Crippen LogP contribution in [0.1, 0.15) is 15.9 Å². The van der Waals surface area contributed by atoms with Gasteiger partial charge in [-0.25, -0.2) is 9.18 Å². The van der Waals surface area contributed by atoms with Crippen molar-refractivity contribution >= 4 is 50.2 Å². The summed E-state index contributed by atoms with van der Waals surface area (Å²) in [6, 6.07) is 13.0. The highest BCUT2D eigenvalue weighted by molar-refractivity contribution is 9.10. The Morgan fingerprint density at radius 3 is 2.56 bits per heavy atom. The molecule has 0 radical (unpaired) electrons. The average Bonchev–Trinajstić information content (AvgIpc) is 3.04. The third-order valence-corrected chi connectivity index (χ3v) is 5.10. The summed E-state index contributed by atoms with van der Waals surface area (Å²) in [6.45, 7) is 0. The number of halogens is 2. The van der Waals surface area contributed by atoms with E-state index in [-0.39, 0.29) is 10.6 Å². The van der Waals surface area contributed by atoms with Crippen molar-refractivity contribution in [2.45, 2.75) is 0 Å². The lowest BCUT2D eigenvalue weighted by molar-refractivity contribution is -0.111. The fraction of sp³-hybridized carbons (Fsp3) is 0. The lowest BCUT2D eigenvalue weighted by atomic mass is 10.0. The van der Waals surface area contributed by atoms with Gasteiger partial charge in [0.25, 0.3) is 0 Å². The van der Waals surface area contributed by atoms with E-state index in [1.165, 1.54) is 24.3 Å². The van der Waals surface area contributed by atoms with Gasteiger partial charge < -0.3 is 10.4 Å². The molecule has 0 saturated carbocycles. The summed E-state index contributed by atoms with van der Waals surface area (Å²) in [4.78, 5) is 23.9. The lowest BCUT2D eigenvalue weighted by Gasteiger charge is -2.04. The van der Waals surface area contributed by atoms with Gasteiger partial charge >= 0.3 is 5.97 Å². The van der Waals surface area contributed by atoms with Crippen molar-refractivity contribution in [2.75, 3.05) is 5.32 Å². The Morgan fingerprint density at radius 2 is 1.89 bits per heavy atom. The predicted molar refractivity (Wildman–Crippen MR) is 108 cm³/mol. The average molecular weight is 446 g/mol. The fourth-order valence-corrected chi connectivity index (χ4v) is 3.67. The Morgan fingerprint density at radius 1 is 1.15 bits per heavy atom. The molecule has 1 aromatic heterocycles. The van der Waals surface area contributed by atoms with Gasteiger partial charge in [-0.05, 0) is 41.5 Å². The van der Waals surface area contributed by atoms with Gasteiger partial charge in [0, 0.05) is 21.5 Å². The third kappa shape index (κ3) is 4.69. The summed E-state index contributed by atoms with van der Waals surface area (Å²) in [6.07, 6.45) is 2.70. The van der Waals surface area contributed by atoms with Crippen molar-refractivity contribution in [3.8, 4) is 11.1 Å². The molecule has 0 aliphatic carbocycles. The van der Waals surface area contributed by atoms with Gasteiger partial charge in [0.1, 0.15) is 16.4 Å². The molecule has 27 heavy (non-hydrogen) atoms. The molecule has 0 bridgehead atoms. The maximum absolute atomic E-state index is 13.2. The minimum Gasteiger partial charge on any atom is -0.478 e. The molecule has 0 atom stereocenters. The Labute approximate surface area is 167 Å². The number of hydrogen-bond donors (Lipinski definition) is 2. The van der Waals surface area contributed by atoms with E-state index in [1.54, 1.807) is 29.6 Å². The maximum atomic E-state index is 13.2.